The lowest BCUT2D eigenvalue weighted by Gasteiger charge is -2.33. The summed E-state index contributed by atoms with van der Waals surface area (Å²) in [6.45, 7) is 5.05. The summed E-state index contributed by atoms with van der Waals surface area (Å²) in [5.41, 5.74) is 1.93. The van der Waals surface area contributed by atoms with Crippen LogP contribution in [0, 0.1) is 5.92 Å². The van der Waals surface area contributed by atoms with Crippen molar-refractivity contribution in [3.05, 3.63) is 42.9 Å². The number of nitrogens with one attached hydrogen (secondary N) is 3. The third-order valence-corrected chi connectivity index (χ3v) is 7.81. The highest BCUT2D eigenvalue weighted by Crippen LogP contribution is 2.32. The summed E-state index contributed by atoms with van der Waals surface area (Å²) in [7, 11) is 0. The van der Waals surface area contributed by atoms with Crippen LogP contribution in [-0.2, 0) is 9.53 Å². The molecule has 1 amide bonds. The number of aromatic nitrogens is 3. The van der Waals surface area contributed by atoms with E-state index in [2.05, 4.69) is 43.0 Å². The van der Waals surface area contributed by atoms with E-state index in [1.807, 2.05) is 30.7 Å². The number of pyridine rings is 3. The van der Waals surface area contributed by atoms with Gasteiger partial charge in [-0.05, 0) is 62.9 Å². The van der Waals surface area contributed by atoms with Crippen LogP contribution in [0.3, 0.4) is 0 Å². The second kappa shape index (κ2) is 11.0. The number of fused-ring (bicyclic) bond motifs is 1. The van der Waals surface area contributed by atoms with E-state index in [0.717, 1.165) is 105 Å². The Kier molecular flexibility index (Phi) is 7.14. The molecule has 0 aliphatic carbocycles. The molecule has 3 aliphatic rings. The van der Waals surface area contributed by atoms with E-state index in [1.165, 1.54) is 0 Å². The zero-order chi connectivity index (χ0) is 25.0. The minimum Gasteiger partial charge on any atom is -0.381 e. The molecular formula is C28H35N7O2. The van der Waals surface area contributed by atoms with Gasteiger partial charge in [0.2, 0.25) is 5.91 Å². The summed E-state index contributed by atoms with van der Waals surface area (Å²) in [5.74, 6) is 2.09. The second-order valence-corrected chi connectivity index (χ2v) is 10.3. The van der Waals surface area contributed by atoms with Crippen LogP contribution < -0.4 is 20.9 Å². The van der Waals surface area contributed by atoms with Gasteiger partial charge in [-0.1, -0.05) is 0 Å². The van der Waals surface area contributed by atoms with Crippen LogP contribution >= 0.6 is 0 Å². The lowest BCUT2D eigenvalue weighted by molar-refractivity contribution is -0.126. The zero-order valence-electron chi connectivity index (χ0n) is 21.2. The van der Waals surface area contributed by atoms with Gasteiger partial charge >= 0.3 is 0 Å². The SMILES string of the molecule is O=C(N[C@@H]1CCNC1)C1CCN(c2nc(-c3ccnc(NC4CCOCC4)c3)cc3cnccc23)CC1. The third-order valence-electron chi connectivity index (χ3n) is 7.81. The van der Waals surface area contributed by atoms with Crippen LogP contribution in [0.1, 0.15) is 32.1 Å². The van der Waals surface area contributed by atoms with E-state index in [0.29, 0.717) is 6.04 Å². The van der Waals surface area contributed by atoms with Crippen LogP contribution in [0.4, 0.5) is 11.6 Å². The van der Waals surface area contributed by atoms with Crippen molar-refractivity contribution in [2.45, 2.75) is 44.2 Å². The molecule has 3 saturated heterocycles. The molecular weight excluding hydrogens is 466 g/mol. The van der Waals surface area contributed by atoms with Gasteiger partial charge in [0.15, 0.2) is 0 Å². The number of nitrogens with zero attached hydrogens (tertiary/aromatic N) is 4. The van der Waals surface area contributed by atoms with Crippen molar-refractivity contribution < 1.29 is 9.53 Å². The number of hydrogen-bond donors (Lipinski definition) is 3. The van der Waals surface area contributed by atoms with Crippen LogP contribution in [0.2, 0.25) is 0 Å². The largest absolute Gasteiger partial charge is 0.381 e. The average Bonchev–Trinajstić information content (AvgIpc) is 3.46. The first-order valence-corrected chi connectivity index (χ1v) is 13.5. The number of carbonyl (C=O) groups is 1. The lowest BCUT2D eigenvalue weighted by atomic mass is 9.95. The molecule has 6 rings (SSSR count). The fourth-order valence-corrected chi connectivity index (χ4v) is 5.64. The number of piperidine rings is 1. The number of anilines is 2. The van der Waals surface area contributed by atoms with E-state index >= 15 is 0 Å². The summed E-state index contributed by atoms with van der Waals surface area (Å²) in [6.07, 6.45) is 10.2. The highest BCUT2D eigenvalue weighted by molar-refractivity contribution is 5.94. The molecule has 1 atom stereocenters. The van der Waals surface area contributed by atoms with E-state index in [9.17, 15) is 4.79 Å². The Labute approximate surface area is 217 Å². The van der Waals surface area contributed by atoms with Crippen molar-refractivity contribution in [3.8, 4) is 11.3 Å². The number of hydrogen-bond acceptors (Lipinski definition) is 8. The van der Waals surface area contributed by atoms with E-state index < -0.39 is 0 Å². The predicted molar refractivity (Wildman–Crippen MR) is 145 cm³/mol. The minimum atomic E-state index is 0.0620. The Morgan fingerprint density at radius 1 is 1.03 bits per heavy atom. The molecule has 3 aromatic heterocycles. The van der Waals surface area contributed by atoms with Crippen molar-refractivity contribution >= 4 is 28.3 Å². The van der Waals surface area contributed by atoms with Gasteiger partial charge in [-0.2, -0.15) is 0 Å². The molecule has 3 N–H and O–H groups in total. The molecule has 0 saturated carbocycles. The summed E-state index contributed by atoms with van der Waals surface area (Å²) < 4.78 is 5.49. The number of ether oxygens (including phenoxy) is 1. The Bertz CT molecular complexity index is 1230. The van der Waals surface area contributed by atoms with Gasteiger partial charge in [-0.25, -0.2) is 9.97 Å². The minimum absolute atomic E-state index is 0.0620. The van der Waals surface area contributed by atoms with Gasteiger partial charge in [-0.3, -0.25) is 9.78 Å². The van der Waals surface area contributed by atoms with Gasteiger partial charge in [0.05, 0.1) is 5.69 Å². The Hall–Kier alpha value is -3.30. The second-order valence-electron chi connectivity index (χ2n) is 10.3. The smallest absolute Gasteiger partial charge is 0.223 e. The van der Waals surface area contributed by atoms with Crippen molar-refractivity contribution in [2.75, 3.05) is 49.6 Å². The van der Waals surface area contributed by atoms with Crippen molar-refractivity contribution in [2.24, 2.45) is 5.92 Å². The van der Waals surface area contributed by atoms with E-state index in [-0.39, 0.29) is 17.9 Å². The van der Waals surface area contributed by atoms with Crippen LogP contribution in [0.25, 0.3) is 22.0 Å². The van der Waals surface area contributed by atoms with Crippen molar-refractivity contribution in [1.82, 2.24) is 25.6 Å². The molecule has 3 aliphatic heterocycles. The molecule has 3 aromatic rings. The zero-order valence-corrected chi connectivity index (χ0v) is 21.2. The fourth-order valence-electron chi connectivity index (χ4n) is 5.64. The molecule has 0 spiro atoms. The molecule has 6 heterocycles. The normalized spacial score (nSPS) is 21.3. The molecule has 0 bridgehead atoms. The third kappa shape index (κ3) is 5.52. The number of carbonyl (C=O) groups excluding carboxylic acids is 1. The van der Waals surface area contributed by atoms with Crippen molar-refractivity contribution in [1.29, 1.82) is 0 Å². The summed E-state index contributed by atoms with van der Waals surface area (Å²) in [6, 6.07) is 8.89. The highest BCUT2D eigenvalue weighted by Gasteiger charge is 2.28. The Balaban J connectivity index is 1.21. The number of amides is 1. The molecule has 194 valence electrons. The topological polar surface area (TPSA) is 104 Å². The van der Waals surface area contributed by atoms with Gasteiger partial charge in [0.25, 0.3) is 0 Å². The Morgan fingerprint density at radius 3 is 2.70 bits per heavy atom. The highest BCUT2D eigenvalue weighted by atomic mass is 16.5. The van der Waals surface area contributed by atoms with E-state index in [1.54, 1.807) is 0 Å². The molecule has 0 radical (unpaired) electrons. The summed E-state index contributed by atoms with van der Waals surface area (Å²) in [4.78, 5) is 29.2. The van der Waals surface area contributed by atoms with Gasteiger partial charge in [-0.15, -0.1) is 0 Å². The first-order valence-electron chi connectivity index (χ1n) is 13.5. The molecule has 37 heavy (non-hydrogen) atoms. The quantitative estimate of drug-likeness (QED) is 0.474. The monoisotopic (exact) mass is 501 g/mol. The van der Waals surface area contributed by atoms with Crippen LogP contribution in [0.15, 0.2) is 42.9 Å². The van der Waals surface area contributed by atoms with Gasteiger partial charge in [0.1, 0.15) is 11.6 Å². The molecule has 9 heteroatoms. The summed E-state index contributed by atoms with van der Waals surface area (Å²) >= 11 is 0. The lowest BCUT2D eigenvalue weighted by Crippen LogP contribution is -2.44. The Morgan fingerprint density at radius 2 is 1.89 bits per heavy atom. The van der Waals surface area contributed by atoms with E-state index in [4.69, 9.17) is 9.72 Å². The predicted octanol–water partition coefficient (Wildman–Crippen LogP) is 2.98. The summed E-state index contributed by atoms with van der Waals surface area (Å²) in [5, 5.41) is 12.3. The molecule has 3 fully saturated rings. The van der Waals surface area contributed by atoms with Crippen LogP contribution in [-0.4, -0.2) is 72.3 Å². The first-order chi connectivity index (χ1) is 18.2. The molecule has 0 aromatic carbocycles. The first kappa shape index (κ1) is 24.1. The van der Waals surface area contributed by atoms with Gasteiger partial charge < -0.3 is 25.6 Å². The average molecular weight is 502 g/mol. The molecule has 9 nitrogen and oxygen atoms in total. The molecule has 0 unspecified atom stereocenters. The fraction of sp³-hybridized carbons (Fsp3) is 0.500. The van der Waals surface area contributed by atoms with Gasteiger partial charge in [0, 0.05) is 85.8 Å². The van der Waals surface area contributed by atoms with Crippen LogP contribution in [0.5, 0.6) is 0 Å². The maximum Gasteiger partial charge on any atom is 0.223 e. The maximum atomic E-state index is 12.8. The maximum absolute atomic E-state index is 12.8. The van der Waals surface area contributed by atoms with Crippen molar-refractivity contribution in [3.63, 3.8) is 0 Å². The standard InChI is InChI=1S/C28H35N7O2/c36-28(33-23-2-8-30-18-23)19-4-11-35(12-5-19)27-24-3-9-29-17-21(24)15-25(34-27)20-1-10-31-26(16-20)32-22-6-13-37-14-7-22/h1,3,9-10,15-17,19,22-23,30H,2,4-8,11-14,18H2,(H,31,32)(H,33,36)/t23-/m1/s1. The number of rotatable bonds is 6.